The lowest BCUT2D eigenvalue weighted by Gasteiger charge is -2.17. The Bertz CT molecular complexity index is 872. The van der Waals surface area contributed by atoms with Crippen molar-refractivity contribution in [2.75, 3.05) is 14.2 Å². The van der Waals surface area contributed by atoms with Gasteiger partial charge in [0.2, 0.25) is 0 Å². The largest absolute Gasteiger partial charge is 0.493 e. The number of amides is 2. The zero-order valence-electron chi connectivity index (χ0n) is 15.2. The van der Waals surface area contributed by atoms with Crippen LogP contribution in [0.3, 0.4) is 0 Å². The summed E-state index contributed by atoms with van der Waals surface area (Å²) >= 11 is 0. The van der Waals surface area contributed by atoms with Crippen LogP contribution in [-0.4, -0.2) is 37.1 Å². The van der Waals surface area contributed by atoms with Crippen LogP contribution in [-0.2, 0) is 16.1 Å². The fraction of sp³-hybridized carbons (Fsp3) is 0.250. The van der Waals surface area contributed by atoms with Gasteiger partial charge in [-0.1, -0.05) is 30.2 Å². The first-order chi connectivity index (χ1) is 13.0. The van der Waals surface area contributed by atoms with Crippen molar-refractivity contribution in [1.29, 1.82) is 0 Å². The molecule has 0 fully saturated rings. The van der Waals surface area contributed by atoms with E-state index in [1.54, 1.807) is 38.3 Å². The molecule has 1 heterocycles. The third-order valence-electron chi connectivity index (χ3n) is 4.33. The lowest BCUT2D eigenvalue weighted by atomic mass is 10.0. The number of nitrogens with zero attached hydrogens (tertiary/aromatic N) is 1. The second kappa shape index (κ2) is 7.49. The van der Waals surface area contributed by atoms with E-state index >= 15 is 0 Å². The van der Waals surface area contributed by atoms with Gasteiger partial charge in [0.1, 0.15) is 0 Å². The van der Waals surface area contributed by atoms with Crippen LogP contribution in [0, 0.1) is 5.92 Å². The first-order valence-corrected chi connectivity index (χ1v) is 8.36. The zero-order valence-corrected chi connectivity index (χ0v) is 15.2. The van der Waals surface area contributed by atoms with Crippen molar-refractivity contribution >= 4 is 17.8 Å². The monoisotopic (exact) mass is 369 g/mol. The van der Waals surface area contributed by atoms with Crippen molar-refractivity contribution in [2.24, 2.45) is 5.92 Å². The van der Waals surface area contributed by atoms with Crippen molar-refractivity contribution in [3.05, 3.63) is 59.2 Å². The molecule has 0 N–H and O–H groups in total. The second-order valence-electron chi connectivity index (χ2n) is 6.16. The van der Waals surface area contributed by atoms with Crippen LogP contribution in [0.5, 0.6) is 11.5 Å². The van der Waals surface area contributed by atoms with Crippen LogP contribution in [0.25, 0.3) is 0 Å². The Labute approximate surface area is 156 Å². The van der Waals surface area contributed by atoms with Gasteiger partial charge in [-0.25, -0.2) is 4.79 Å². The number of hydroxylamine groups is 2. The Morgan fingerprint density at radius 1 is 0.963 bits per heavy atom. The van der Waals surface area contributed by atoms with Gasteiger partial charge < -0.3 is 14.3 Å². The number of carbonyl (C=O) groups is 3. The van der Waals surface area contributed by atoms with Gasteiger partial charge in [0.25, 0.3) is 11.8 Å². The topological polar surface area (TPSA) is 82.1 Å². The molecule has 1 aliphatic rings. The number of rotatable bonds is 6. The van der Waals surface area contributed by atoms with E-state index in [1.165, 1.54) is 19.2 Å². The third-order valence-corrected chi connectivity index (χ3v) is 4.33. The molecule has 3 rings (SSSR count). The molecule has 0 bridgehead atoms. The minimum absolute atomic E-state index is 0.225. The highest BCUT2D eigenvalue weighted by Gasteiger charge is 2.39. The summed E-state index contributed by atoms with van der Waals surface area (Å²) < 4.78 is 10.4. The summed E-state index contributed by atoms with van der Waals surface area (Å²) in [5.74, 6) is -1.38. The van der Waals surface area contributed by atoms with Crippen LogP contribution in [0.15, 0.2) is 42.5 Å². The summed E-state index contributed by atoms with van der Waals surface area (Å²) in [5.41, 5.74) is 1.28. The minimum atomic E-state index is -0.667. The summed E-state index contributed by atoms with van der Waals surface area (Å²) in [6.07, 6.45) is 0.350. The number of methoxy groups -OCH3 is 2. The fourth-order valence-electron chi connectivity index (χ4n) is 2.87. The van der Waals surface area contributed by atoms with Crippen LogP contribution in [0.1, 0.15) is 33.2 Å². The highest BCUT2D eigenvalue weighted by atomic mass is 16.7. The fourth-order valence-corrected chi connectivity index (χ4v) is 2.87. The van der Waals surface area contributed by atoms with E-state index in [2.05, 4.69) is 0 Å². The summed E-state index contributed by atoms with van der Waals surface area (Å²) in [5, 5.41) is 0.526. The van der Waals surface area contributed by atoms with E-state index in [-0.39, 0.29) is 11.1 Å². The number of hydrogen-bond donors (Lipinski definition) is 0. The van der Waals surface area contributed by atoms with Crippen LogP contribution >= 0.6 is 0 Å². The van der Waals surface area contributed by atoms with E-state index in [0.717, 1.165) is 5.56 Å². The molecular formula is C20H19NO6. The van der Waals surface area contributed by atoms with Crippen molar-refractivity contribution < 1.29 is 28.7 Å². The van der Waals surface area contributed by atoms with Crippen molar-refractivity contribution in [3.63, 3.8) is 0 Å². The molecule has 1 aliphatic heterocycles. The first kappa shape index (κ1) is 18.4. The minimum Gasteiger partial charge on any atom is -0.493 e. The standard InChI is InChI=1S/C20H19NO6/c1-12(10-13-8-9-16(25-2)17(11-13)26-3)20(24)27-21-18(22)14-6-4-5-7-15(14)19(21)23/h4-9,11-12H,10H2,1-3H3. The van der Waals surface area contributed by atoms with Crippen LogP contribution in [0.4, 0.5) is 0 Å². The van der Waals surface area contributed by atoms with E-state index in [9.17, 15) is 14.4 Å². The summed E-state index contributed by atoms with van der Waals surface area (Å²) in [6, 6.07) is 11.7. The number of fused-ring (bicyclic) bond motifs is 1. The van der Waals surface area contributed by atoms with E-state index in [1.807, 2.05) is 6.07 Å². The maximum absolute atomic E-state index is 12.4. The molecule has 1 atom stereocenters. The van der Waals surface area contributed by atoms with Gasteiger partial charge in [-0.15, -0.1) is 0 Å². The van der Waals surface area contributed by atoms with Gasteiger partial charge in [0.05, 0.1) is 31.3 Å². The molecule has 140 valence electrons. The molecule has 1 unspecified atom stereocenters. The molecule has 0 radical (unpaired) electrons. The Kier molecular flexibility index (Phi) is 5.12. The van der Waals surface area contributed by atoms with Gasteiger partial charge in [-0.2, -0.15) is 0 Å². The van der Waals surface area contributed by atoms with Crippen molar-refractivity contribution in [1.82, 2.24) is 5.06 Å². The number of benzene rings is 2. The average Bonchev–Trinajstić information content (AvgIpc) is 2.93. The first-order valence-electron chi connectivity index (χ1n) is 8.36. The molecule has 0 aromatic heterocycles. The van der Waals surface area contributed by atoms with Gasteiger partial charge in [-0.3, -0.25) is 9.59 Å². The van der Waals surface area contributed by atoms with E-state index in [4.69, 9.17) is 14.3 Å². The molecule has 2 amide bonds. The Hall–Kier alpha value is -3.35. The summed E-state index contributed by atoms with van der Waals surface area (Å²) in [6.45, 7) is 1.66. The molecule has 0 saturated carbocycles. The number of carbonyl (C=O) groups excluding carboxylic acids is 3. The smallest absolute Gasteiger partial charge is 0.336 e. The Balaban J connectivity index is 1.68. The highest BCUT2D eigenvalue weighted by molar-refractivity contribution is 6.20. The van der Waals surface area contributed by atoms with Crippen LogP contribution in [0.2, 0.25) is 0 Å². The third kappa shape index (κ3) is 3.48. The van der Waals surface area contributed by atoms with Gasteiger partial charge in [0.15, 0.2) is 11.5 Å². The van der Waals surface area contributed by atoms with Gasteiger partial charge in [-0.05, 0) is 36.2 Å². The number of hydrogen-bond acceptors (Lipinski definition) is 6. The molecular weight excluding hydrogens is 350 g/mol. The maximum Gasteiger partial charge on any atom is 0.336 e. The lowest BCUT2D eigenvalue weighted by molar-refractivity contribution is -0.173. The van der Waals surface area contributed by atoms with Crippen molar-refractivity contribution in [3.8, 4) is 11.5 Å². The average molecular weight is 369 g/mol. The quantitative estimate of drug-likeness (QED) is 0.728. The Morgan fingerprint density at radius 2 is 1.56 bits per heavy atom. The summed E-state index contributed by atoms with van der Waals surface area (Å²) in [4.78, 5) is 42.0. The van der Waals surface area contributed by atoms with E-state index in [0.29, 0.717) is 23.0 Å². The molecule has 0 aliphatic carbocycles. The predicted molar refractivity (Wildman–Crippen MR) is 95.4 cm³/mol. The number of ether oxygens (including phenoxy) is 2. The predicted octanol–water partition coefficient (Wildman–Crippen LogP) is 2.64. The zero-order chi connectivity index (χ0) is 19.6. The van der Waals surface area contributed by atoms with E-state index < -0.39 is 23.7 Å². The van der Waals surface area contributed by atoms with Gasteiger partial charge >= 0.3 is 5.97 Å². The second-order valence-corrected chi connectivity index (χ2v) is 6.16. The number of imide groups is 1. The van der Waals surface area contributed by atoms with Crippen molar-refractivity contribution in [2.45, 2.75) is 13.3 Å². The molecule has 7 nitrogen and oxygen atoms in total. The molecule has 2 aromatic carbocycles. The SMILES string of the molecule is COc1ccc(CC(C)C(=O)ON2C(=O)c3ccccc3C2=O)cc1OC. The molecule has 0 saturated heterocycles. The highest BCUT2D eigenvalue weighted by Crippen LogP contribution is 2.29. The lowest BCUT2D eigenvalue weighted by Crippen LogP contribution is -2.35. The molecule has 7 heteroatoms. The van der Waals surface area contributed by atoms with Gasteiger partial charge in [0, 0.05) is 0 Å². The summed E-state index contributed by atoms with van der Waals surface area (Å²) in [7, 11) is 3.07. The maximum atomic E-state index is 12.4. The molecule has 0 spiro atoms. The Morgan fingerprint density at radius 3 is 2.11 bits per heavy atom. The van der Waals surface area contributed by atoms with Crippen LogP contribution < -0.4 is 9.47 Å². The molecule has 2 aromatic rings. The normalized spacial score (nSPS) is 14.0. The molecule has 27 heavy (non-hydrogen) atoms.